The molecular formula is C19H27N3O2S. The van der Waals surface area contributed by atoms with Crippen LogP contribution in [0.3, 0.4) is 0 Å². The van der Waals surface area contributed by atoms with E-state index in [1.165, 1.54) is 4.88 Å². The minimum Gasteiger partial charge on any atom is -0.493 e. The minimum atomic E-state index is 0.611. The lowest BCUT2D eigenvalue weighted by Crippen LogP contribution is -2.39. The van der Waals surface area contributed by atoms with E-state index in [2.05, 4.69) is 39.8 Å². The van der Waals surface area contributed by atoms with Gasteiger partial charge in [-0.2, -0.15) is 0 Å². The molecule has 0 fully saturated rings. The number of guanidine groups is 1. The molecule has 0 aliphatic heterocycles. The second kappa shape index (κ2) is 9.93. The molecule has 1 aromatic carbocycles. The van der Waals surface area contributed by atoms with E-state index >= 15 is 0 Å². The third kappa shape index (κ3) is 5.67. The number of benzene rings is 1. The van der Waals surface area contributed by atoms with E-state index in [0.29, 0.717) is 13.2 Å². The van der Waals surface area contributed by atoms with Crippen LogP contribution in [-0.4, -0.2) is 45.2 Å². The molecule has 136 valence electrons. The Morgan fingerprint density at radius 3 is 2.76 bits per heavy atom. The third-order valence-corrected chi connectivity index (χ3v) is 4.76. The smallest absolute Gasteiger partial charge is 0.193 e. The lowest BCUT2D eigenvalue weighted by atomic mass is 10.2. The fraction of sp³-hybridized carbons (Fsp3) is 0.421. The van der Waals surface area contributed by atoms with Crippen molar-refractivity contribution in [3.63, 3.8) is 0 Å². The molecule has 0 bridgehead atoms. The van der Waals surface area contributed by atoms with Crippen molar-refractivity contribution in [3.8, 4) is 11.5 Å². The van der Waals surface area contributed by atoms with Crippen LogP contribution in [-0.2, 0) is 13.0 Å². The van der Waals surface area contributed by atoms with Gasteiger partial charge in [-0.3, -0.25) is 4.99 Å². The summed E-state index contributed by atoms with van der Waals surface area (Å²) in [4.78, 5) is 7.91. The van der Waals surface area contributed by atoms with Gasteiger partial charge in [-0.05, 0) is 42.5 Å². The van der Waals surface area contributed by atoms with Gasteiger partial charge in [0.05, 0.1) is 13.7 Å². The molecule has 0 aliphatic carbocycles. The Balaban J connectivity index is 1.92. The van der Waals surface area contributed by atoms with Crippen LogP contribution in [0.15, 0.2) is 40.7 Å². The number of hydrogen-bond donors (Lipinski definition) is 1. The summed E-state index contributed by atoms with van der Waals surface area (Å²) >= 11 is 1.79. The molecule has 2 rings (SSSR count). The highest BCUT2D eigenvalue weighted by Gasteiger charge is 2.09. The Morgan fingerprint density at radius 1 is 1.28 bits per heavy atom. The van der Waals surface area contributed by atoms with Crippen molar-refractivity contribution in [3.05, 3.63) is 46.2 Å². The fourth-order valence-corrected chi connectivity index (χ4v) is 3.20. The SMILES string of the molecule is CCOc1cc(CNC(=NC)N(C)CCc2cccs2)ccc1OC. The molecule has 0 unspecified atom stereocenters. The lowest BCUT2D eigenvalue weighted by molar-refractivity contribution is 0.310. The van der Waals surface area contributed by atoms with Gasteiger partial charge >= 0.3 is 0 Å². The van der Waals surface area contributed by atoms with Crippen molar-refractivity contribution >= 4 is 17.3 Å². The second-order valence-corrected chi connectivity index (χ2v) is 6.60. The first-order valence-corrected chi connectivity index (χ1v) is 9.29. The van der Waals surface area contributed by atoms with Crippen LogP contribution in [0.5, 0.6) is 11.5 Å². The van der Waals surface area contributed by atoms with Crippen molar-refractivity contribution < 1.29 is 9.47 Å². The first kappa shape index (κ1) is 19.1. The Morgan fingerprint density at radius 2 is 2.12 bits per heavy atom. The zero-order valence-corrected chi connectivity index (χ0v) is 16.2. The highest BCUT2D eigenvalue weighted by Crippen LogP contribution is 2.27. The highest BCUT2D eigenvalue weighted by molar-refractivity contribution is 7.09. The molecule has 2 aromatic rings. The molecule has 0 radical (unpaired) electrons. The Hall–Kier alpha value is -2.21. The molecule has 0 aliphatic rings. The molecule has 5 nitrogen and oxygen atoms in total. The zero-order chi connectivity index (χ0) is 18.1. The summed E-state index contributed by atoms with van der Waals surface area (Å²) in [5, 5.41) is 5.52. The standard InChI is InChI=1S/C19H27N3O2S/c1-5-24-18-13-15(8-9-17(18)23-4)14-21-19(20-2)22(3)11-10-16-7-6-12-25-16/h6-9,12-13H,5,10-11,14H2,1-4H3,(H,20,21). The molecule has 0 amide bonds. The maximum absolute atomic E-state index is 5.64. The van der Waals surface area contributed by atoms with Crippen molar-refractivity contribution in [2.45, 2.75) is 19.9 Å². The number of nitrogens with zero attached hydrogens (tertiary/aromatic N) is 2. The van der Waals surface area contributed by atoms with Gasteiger partial charge in [0.25, 0.3) is 0 Å². The van der Waals surface area contributed by atoms with Crippen LogP contribution < -0.4 is 14.8 Å². The van der Waals surface area contributed by atoms with Gasteiger partial charge in [-0.1, -0.05) is 12.1 Å². The number of ether oxygens (including phenoxy) is 2. The van der Waals surface area contributed by atoms with Crippen molar-refractivity contribution in [1.29, 1.82) is 0 Å². The van der Waals surface area contributed by atoms with E-state index in [-0.39, 0.29) is 0 Å². The zero-order valence-electron chi connectivity index (χ0n) is 15.4. The monoisotopic (exact) mass is 361 g/mol. The Bertz CT molecular complexity index is 671. The summed E-state index contributed by atoms with van der Waals surface area (Å²) in [7, 11) is 5.52. The van der Waals surface area contributed by atoms with E-state index in [1.54, 1.807) is 18.4 Å². The molecule has 1 heterocycles. The van der Waals surface area contributed by atoms with E-state index in [0.717, 1.165) is 36.0 Å². The Labute approximate surface area is 154 Å². The number of nitrogens with one attached hydrogen (secondary N) is 1. The number of likely N-dealkylation sites (N-methyl/N-ethyl adjacent to an activating group) is 1. The van der Waals surface area contributed by atoms with E-state index < -0.39 is 0 Å². The number of rotatable bonds is 8. The summed E-state index contributed by atoms with van der Waals surface area (Å²) in [6, 6.07) is 10.2. The first-order chi connectivity index (χ1) is 12.2. The average molecular weight is 362 g/mol. The number of methoxy groups -OCH3 is 1. The minimum absolute atomic E-state index is 0.611. The van der Waals surface area contributed by atoms with E-state index in [9.17, 15) is 0 Å². The van der Waals surface area contributed by atoms with Gasteiger partial charge in [-0.15, -0.1) is 11.3 Å². The molecule has 1 N–H and O–H groups in total. The van der Waals surface area contributed by atoms with Gasteiger partial charge in [0.15, 0.2) is 17.5 Å². The van der Waals surface area contributed by atoms with E-state index in [1.807, 2.05) is 32.2 Å². The quantitative estimate of drug-likeness (QED) is 0.578. The van der Waals surface area contributed by atoms with Gasteiger partial charge in [0.1, 0.15) is 0 Å². The summed E-state index contributed by atoms with van der Waals surface area (Å²) < 4.78 is 11.0. The lowest BCUT2D eigenvalue weighted by Gasteiger charge is -2.22. The van der Waals surface area contributed by atoms with Gasteiger partial charge < -0.3 is 19.7 Å². The molecule has 1 aromatic heterocycles. The maximum atomic E-state index is 5.64. The van der Waals surface area contributed by atoms with Gasteiger partial charge in [-0.25, -0.2) is 0 Å². The summed E-state index contributed by atoms with van der Waals surface area (Å²) in [5.41, 5.74) is 1.12. The van der Waals surface area contributed by atoms with Crippen molar-refractivity contribution in [2.75, 3.05) is 34.4 Å². The topological polar surface area (TPSA) is 46.1 Å². The van der Waals surface area contributed by atoms with Crippen LogP contribution >= 0.6 is 11.3 Å². The summed E-state index contributed by atoms with van der Waals surface area (Å²) in [5.74, 6) is 2.40. The van der Waals surface area contributed by atoms with Crippen LogP contribution in [0.2, 0.25) is 0 Å². The second-order valence-electron chi connectivity index (χ2n) is 5.57. The normalized spacial score (nSPS) is 11.3. The Kier molecular flexibility index (Phi) is 7.60. The molecule has 0 saturated heterocycles. The predicted molar refractivity (Wildman–Crippen MR) is 105 cm³/mol. The third-order valence-electron chi connectivity index (χ3n) is 3.83. The van der Waals surface area contributed by atoms with Gasteiger partial charge in [0.2, 0.25) is 0 Å². The molecule has 0 spiro atoms. The number of aliphatic imine (C=N–C) groups is 1. The maximum Gasteiger partial charge on any atom is 0.193 e. The summed E-state index contributed by atoms with van der Waals surface area (Å²) in [6.45, 7) is 4.18. The van der Waals surface area contributed by atoms with Crippen LogP contribution in [0.1, 0.15) is 17.4 Å². The first-order valence-electron chi connectivity index (χ1n) is 8.41. The molecule has 0 atom stereocenters. The highest BCUT2D eigenvalue weighted by atomic mass is 32.1. The van der Waals surface area contributed by atoms with Crippen molar-refractivity contribution in [1.82, 2.24) is 10.2 Å². The van der Waals surface area contributed by atoms with Crippen LogP contribution in [0.4, 0.5) is 0 Å². The average Bonchev–Trinajstić information content (AvgIpc) is 3.14. The predicted octanol–water partition coefficient (Wildman–Crippen LogP) is 3.41. The molecule has 0 saturated carbocycles. The number of hydrogen-bond acceptors (Lipinski definition) is 4. The molecule has 25 heavy (non-hydrogen) atoms. The largest absolute Gasteiger partial charge is 0.493 e. The number of thiophene rings is 1. The van der Waals surface area contributed by atoms with Crippen LogP contribution in [0, 0.1) is 0 Å². The van der Waals surface area contributed by atoms with Crippen LogP contribution in [0.25, 0.3) is 0 Å². The molecular weight excluding hydrogens is 334 g/mol. The van der Waals surface area contributed by atoms with Crippen molar-refractivity contribution in [2.24, 2.45) is 4.99 Å². The summed E-state index contributed by atoms with van der Waals surface area (Å²) in [6.07, 6.45) is 1.02. The van der Waals surface area contributed by atoms with E-state index in [4.69, 9.17) is 9.47 Å². The van der Waals surface area contributed by atoms with Gasteiger partial charge in [0, 0.05) is 32.1 Å². The molecule has 6 heteroatoms. The fourth-order valence-electron chi connectivity index (χ4n) is 2.50.